The molecule has 1 aliphatic heterocycles. The summed E-state index contributed by atoms with van der Waals surface area (Å²) in [5.41, 5.74) is 7.66. The molecule has 1 aliphatic rings. The first-order valence-electron chi connectivity index (χ1n) is 7.90. The number of nitrogens with two attached hydrogens (primary N) is 1. The van der Waals surface area contributed by atoms with Crippen LogP contribution in [0.5, 0.6) is 0 Å². The van der Waals surface area contributed by atoms with Gasteiger partial charge in [0.1, 0.15) is 0 Å². The zero-order chi connectivity index (χ0) is 15.2. The monoisotopic (exact) mass is 290 g/mol. The van der Waals surface area contributed by atoms with Crippen molar-refractivity contribution in [3.63, 3.8) is 0 Å². The lowest BCUT2D eigenvalue weighted by molar-refractivity contribution is -0.138. The predicted molar refractivity (Wildman–Crippen MR) is 84.7 cm³/mol. The molecule has 0 radical (unpaired) electrons. The second-order valence-corrected chi connectivity index (χ2v) is 5.72. The summed E-state index contributed by atoms with van der Waals surface area (Å²) in [4.78, 5) is 14.8. The van der Waals surface area contributed by atoms with Crippen LogP contribution in [0.4, 0.5) is 5.69 Å². The van der Waals surface area contributed by atoms with Crippen LogP contribution >= 0.6 is 0 Å². The van der Waals surface area contributed by atoms with Gasteiger partial charge >= 0.3 is 0 Å². The second-order valence-electron chi connectivity index (χ2n) is 5.72. The number of carbonyl (C=O) groups is 1. The van der Waals surface area contributed by atoms with Crippen LogP contribution in [0, 0.1) is 5.92 Å². The zero-order valence-electron chi connectivity index (χ0n) is 13.0. The van der Waals surface area contributed by atoms with E-state index in [1.54, 1.807) is 0 Å². The highest BCUT2D eigenvalue weighted by molar-refractivity contribution is 5.79. The molecule has 0 bridgehead atoms. The number of nitrogens with zero attached hydrogens (tertiary/aromatic N) is 1. The molecule has 21 heavy (non-hydrogen) atoms. The van der Waals surface area contributed by atoms with Crippen molar-refractivity contribution in [1.82, 2.24) is 4.90 Å². The van der Waals surface area contributed by atoms with E-state index >= 15 is 0 Å². The summed E-state index contributed by atoms with van der Waals surface area (Å²) >= 11 is 0. The Morgan fingerprint density at radius 2 is 2.24 bits per heavy atom. The molecule has 2 unspecified atom stereocenters. The van der Waals surface area contributed by atoms with Gasteiger partial charge in [0.15, 0.2) is 0 Å². The van der Waals surface area contributed by atoms with E-state index in [9.17, 15) is 4.79 Å². The standard InChI is InChI=1S/C17H26N2O2/c1-3-9-19(12-13-6-5-7-14(18)11-13)17(20)15-8-10-21-16(15)4-2/h5-7,11,15-16H,3-4,8-10,12,18H2,1-2H3. The van der Waals surface area contributed by atoms with Crippen LogP contribution in [0.15, 0.2) is 24.3 Å². The zero-order valence-corrected chi connectivity index (χ0v) is 13.0. The Morgan fingerprint density at radius 1 is 1.43 bits per heavy atom. The van der Waals surface area contributed by atoms with E-state index in [0.29, 0.717) is 13.2 Å². The number of benzene rings is 1. The van der Waals surface area contributed by atoms with Crippen molar-refractivity contribution < 1.29 is 9.53 Å². The van der Waals surface area contributed by atoms with Gasteiger partial charge in [-0.1, -0.05) is 26.0 Å². The smallest absolute Gasteiger partial charge is 0.228 e. The summed E-state index contributed by atoms with van der Waals surface area (Å²) < 4.78 is 5.67. The summed E-state index contributed by atoms with van der Waals surface area (Å²) in [5, 5.41) is 0. The molecule has 1 saturated heterocycles. The van der Waals surface area contributed by atoms with Crippen LogP contribution in [-0.2, 0) is 16.1 Å². The molecule has 2 N–H and O–H groups in total. The molecule has 2 atom stereocenters. The lowest BCUT2D eigenvalue weighted by Gasteiger charge is -2.27. The van der Waals surface area contributed by atoms with E-state index in [1.807, 2.05) is 29.2 Å². The quantitative estimate of drug-likeness (QED) is 0.820. The van der Waals surface area contributed by atoms with Crippen molar-refractivity contribution in [2.45, 2.75) is 45.8 Å². The van der Waals surface area contributed by atoms with Crippen molar-refractivity contribution in [3.05, 3.63) is 29.8 Å². The Morgan fingerprint density at radius 3 is 2.90 bits per heavy atom. The van der Waals surface area contributed by atoms with Crippen LogP contribution in [0.25, 0.3) is 0 Å². The fraction of sp³-hybridized carbons (Fsp3) is 0.588. The van der Waals surface area contributed by atoms with Gasteiger partial charge in [-0.2, -0.15) is 0 Å². The lowest BCUT2D eigenvalue weighted by Crippen LogP contribution is -2.39. The van der Waals surface area contributed by atoms with E-state index in [-0.39, 0.29) is 17.9 Å². The fourth-order valence-corrected chi connectivity index (χ4v) is 3.02. The maximum atomic E-state index is 12.8. The number of amides is 1. The Labute approximate surface area is 127 Å². The van der Waals surface area contributed by atoms with Crippen LogP contribution < -0.4 is 5.73 Å². The fourth-order valence-electron chi connectivity index (χ4n) is 3.02. The maximum absolute atomic E-state index is 12.8. The highest BCUT2D eigenvalue weighted by Gasteiger charge is 2.35. The molecule has 1 aromatic rings. The summed E-state index contributed by atoms with van der Waals surface area (Å²) in [6.07, 6.45) is 2.78. The molecule has 0 saturated carbocycles. The van der Waals surface area contributed by atoms with E-state index in [4.69, 9.17) is 10.5 Å². The van der Waals surface area contributed by atoms with Crippen LogP contribution in [-0.4, -0.2) is 30.1 Å². The summed E-state index contributed by atoms with van der Waals surface area (Å²) in [6.45, 7) is 6.29. The van der Waals surface area contributed by atoms with Gasteiger partial charge in [-0.3, -0.25) is 4.79 Å². The van der Waals surface area contributed by atoms with E-state index in [2.05, 4.69) is 13.8 Å². The summed E-state index contributed by atoms with van der Waals surface area (Å²) in [5.74, 6) is 0.242. The average molecular weight is 290 g/mol. The number of carbonyl (C=O) groups excluding carboxylic acids is 1. The molecule has 1 fully saturated rings. The first-order chi connectivity index (χ1) is 10.2. The molecule has 1 heterocycles. The van der Waals surface area contributed by atoms with Gasteiger partial charge in [0.2, 0.25) is 5.91 Å². The Hall–Kier alpha value is -1.55. The Bertz CT molecular complexity index is 476. The van der Waals surface area contributed by atoms with Crippen LogP contribution in [0.1, 0.15) is 38.7 Å². The minimum Gasteiger partial charge on any atom is -0.399 e. The first-order valence-corrected chi connectivity index (χ1v) is 7.90. The van der Waals surface area contributed by atoms with Crippen molar-refractivity contribution in [3.8, 4) is 0 Å². The molecule has 1 amide bonds. The van der Waals surface area contributed by atoms with E-state index in [1.165, 1.54) is 0 Å². The molecule has 4 heteroatoms. The molecule has 116 valence electrons. The number of anilines is 1. The van der Waals surface area contributed by atoms with Crippen molar-refractivity contribution in [2.75, 3.05) is 18.9 Å². The Balaban J connectivity index is 2.09. The van der Waals surface area contributed by atoms with Gasteiger partial charge in [0.05, 0.1) is 12.0 Å². The van der Waals surface area contributed by atoms with Crippen molar-refractivity contribution in [1.29, 1.82) is 0 Å². The molecular formula is C17H26N2O2. The van der Waals surface area contributed by atoms with Gasteiger partial charge in [-0.25, -0.2) is 0 Å². The minimum absolute atomic E-state index is 0.0163. The molecule has 4 nitrogen and oxygen atoms in total. The predicted octanol–water partition coefficient (Wildman–Crippen LogP) is 2.82. The van der Waals surface area contributed by atoms with Crippen LogP contribution in [0.3, 0.4) is 0 Å². The maximum Gasteiger partial charge on any atom is 0.228 e. The summed E-state index contributed by atoms with van der Waals surface area (Å²) in [7, 11) is 0. The number of nitrogen functional groups attached to an aromatic ring is 1. The molecule has 2 rings (SSSR count). The van der Waals surface area contributed by atoms with Gasteiger partial charge in [0.25, 0.3) is 0 Å². The first kappa shape index (κ1) is 15.8. The largest absolute Gasteiger partial charge is 0.399 e. The highest BCUT2D eigenvalue weighted by Crippen LogP contribution is 2.26. The minimum atomic E-state index is 0.0163. The molecule has 1 aromatic carbocycles. The number of rotatable bonds is 6. The third-order valence-electron chi connectivity index (χ3n) is 4.06. The van der Waals surface area contributed by atoms with E-state index in [0.717, 1.165) is 37.1 Å². The third-order valence-corrected chi connectivity index (χ3v) is 4.06. The summed E-state index contributed by atoms with van der Waals surface area (Å²) in [6, 6.07) is 7.77. The molecular weight excluding hydrogens is 264 g/mol. The van der Waals surface area contributed by atoms with Gasteiger partial charge in [-0.05, 0) is 37.0 Å². The van der Waals surface area contributed by atoms with Gasteiger partial charge in [0, 0.05) is 25.4 Å². The number of hydrogen-bond donors (Lipinski definition) is 1. The average Bonchev–Trinajstić information content (AvgIpc) is 2.94. The second kappa shape index (κ2) is 7.46. The normalized spacial score (nSPS) is 21.4. The van der Waals surface area contributed by atoms with Crippen LogP contribution in [0.2, 0.25) is 0 Å². The molecule has 0 spiro atoms. The highest BCUT2D eigenvalue weighted by atomic mass is 16.5. The third kappa shape index (κ3) is 3.97. The Kier molecular flexibility index (Phi) is 5.62. The number of hydrogen-bond acceptors (Lipinski definition) is 3. The lowest BCUT2D eigenvalue weighted by atomic mass is 9.97. The molecule has 0 aromatic heterocycles. The van der Waals surface area contributed by atoms with E-state index < -0.39 is 0 Å². The van der Waals surface area contributed by atoms with Gasteiger partial charge in [-0.15, -0.1) is 0 Å². The molecule has 0 aliphatic carbocycles. The van der Waals surface area contributed by atoms with Crippen molar-refractivity contribution in [2.24, 2.45) is 5.92 Å². The van der Waals surface area contributed by atoms with Crippen molar-refractivity contribution >= 4 is 11.6 Å². The number of ether oxygens (including phenoxy) is 1. The SMILES string of the molecule is CCCN(Cc1cccc(N)c1)C(=O)C1CCOC1CC. The topological polar surface area (TPSA) is 55.6 Å². The van der Waals surface area contributed by atoms with Gasteiger partial charge < -0.3 is 15.4 Å².